The molecule has 18 heavy (non-hydrogen) atoms. The Balaban J connectivity index is 2.15. The van der Waals surface area contributed by atoms with E-state index in [1.165, 1.54) is 10.4 Å². The molecule has 0 aliphatic heterocycles. The summed E-state index contributed by atoms with van der Waals surface area (Å²) in [6.45, 7) is 2.73. The molecule has 0 atom stereocenters. The third-order valence-corrected chi connectivity index (χ3v) is 4.50. The minimum absolute atomic E-state index is 0.0373. The van der Waals surface area contributed by atoms with Crippen molar-refractivity contribution >= 4 is 33.2 Å². The predicted octanol–water partition coefficient (Wildman–Crippen LogP) is 4.09. The summed E-state index contributed by atoms with van der Waals surface area (Å²) in [5.74, 6) is 0.0373. The quantitative estimate of drug-likeness (QED) is 0.833. The fourth-order valence-corrected chi connectivity index (χ4v) is 3.11. The standard InChI is InChI=1S/C14H14BrNOS/c1-10-7-8-18-13(10)9-16(2)14(17)11-5-3-4-6-12(11)15/h3-8H,9H2,1-2H3. The molecule has 1 heterocycles. The normalized spacial score (nSPS) is 10.4. The van der Waals surface area contributed by atoms with Crippen LogP contribution in [0.15, 0.2) is 40.2 Å². The summed E-state index contributed by atoms with van der Waals surface area (Å²) in [6, 6.07) is 9.59. The molecule has 0 unspecified atom stereocenters. The van der Waals surface area contributed by atoms with Gasteiger partial charge < -0.3 is 4.90 Å². The smallest absolute Gasteiger partial charge is 0.255 e. The van der Waals surface area contributed by atoms with E-state index in [-0.39, 0.29) is 5.91 Å². The zero-order valence-corrected chi connectivity index (χ0v) is 12.7. The molecular formula is C14H14BrNOS. The third kappa shape index (κ3) is 2.82. The summed E-state index contributed by atoms with van der Waals surface area (Å²) >= 11 is 5.10. The van der Waals surface area contributed by atoms with Crippen LogP contribution in [0.3, 0.4) is 0 Å². The van der Waals surface area contributed by atoms with Crippen molar-refractivity contribution in [3.05, 3.63) is 56.2 Å². The first kappa shape index (κ1) is 13.3. The number of rotatable bonds is 3. The number of hydrogen-bond acceptors (Lipinski definition) is 2. The number of halogens is 1. The maximum atomic E-state index is 12.3. The van der Waals surface area contributed by atoms with Crippen LogP contribution in [0.25, 0.3) is 0 Å². The van der Waals surface area contributed by atoms with Gasteiger partial charge in [-0.1, -0.05) is 12.1 Å². The van der Waals surface area contributed by atoms with Gasteiger partial charge in [-0.15, -0.1) is 11.3 Å². The van der Waals surface area contributed by atoms with E-state index in [0.29, 0.717) is 12.1 Å². The van der Waals surface area contributed by atoms with Gasteiger partial charge >= 0.3 is 0 Å². The van der Waals surface area contributed by atoms with E-state index in [1.54, 1.807) is 16.2 Å². The van der Waals surface area contributed by atoms with Crippen molar-refractivity contribution in [1.29, 1.82) is 0 Å². The largest absolute Gasteiger partial charge is 0.337 e. The van der Waals surface area contributed by atoms with Crippen LogP contribution < -0.4 is 0 Å². The second kappa shape index (κ2) is 5.67. The van der Waals surface area contributed by atoms with E-state index in [2.05, 4.69) is 34.3 Å². The minimum atomic E-state index is 0.0373. The molecule has 0 fully saturated rings. The molecule has 0 spiro atoms. The molecular weight excluding hydrogens is 310 g/mol. The Morgan fingerprint density at radius 3 is 2.67 bits per heavy atom. The number of carbonyl (C=O) groups is 1. The molecule has 4 heteroatoms. The highest BCUT2D eigenvalue weighted by molar-refractivity contribution is 9.10. The molecule has 0 radical (unpaired) electrons. The molecule has 1 aromatic heterocycles. The van der Waals surface area contributed by atoms with Gasteiger partial charge in [0, 0.05) is 16.4 Å². The Kier molecular flexibility index (Phi) is 4.19. The Labute approximate surface area is 119 Å². The van der Waals surface area contributed by atoms with Gasteiger partial charge in [-0.2, -0.15) is 0 Å². The molecule has 1 amide bonds. The van der Waals surface area contributed by atoms with Crippen molar-refractivity contribution < 1.29 is 4.79 Å². The molecule has 2 rings (SSSR count). The molecule has 0 saturated carbocycles. The van der Waals surface area contributed by atoms with Crippen LogP contribution in [-0.2, 0) is 6.54 Å². The van der Waals surface area contributed by atoms with Crippen molar-refractivity contribution in [3.8, 4) is 0 Å². The molecule has 0 saturated heterocycles. The van der Waals surface area contributed by atoms with Crippen molar-refractivity contribution in [2.24, 2.45) is 0 Å². The summed E-state index contributed by atoms with van der Waals surface area (Å²) in [5.41, 5.74) is 1.95. The van der Waals surface area contributed by atoms with Gasteiger partial charge in [-0.05, 0) is 52.0 Å². The van der Waals surface area contributed by atoms with E-state index in [9.17, 15) is 4.79 Å². The highest BCUT2D eigenvalue weighted by Gasteiger charge is 2.15. The first-order valence-electron chi connectivity index (χ1n) is 5.62. The Morgan fingerprint density at radius 1 is 1.33 bits per heavy atom. The van der Waals surface area contributed by atoms with E-state index >= 15 is 0 Å². The average molecular weight is 324 g/mol. The van der Waals surface area contributed by atoms with Crippen LogP contribution in [0.2, 0.25) is 0 Å². The van der Waals surface area contributed by atoms with Crippen molar-refractivity contribution in [3.63, 3.8) is 0 Å². The molecule has 2 nitrogen and oxygen atoms in total. The van der Waals surface area contributed by atoms with Gasteiger partial charge in [0.15, 0.2) is 0 Å². The van der Waals surface area contributed by atoms with Crippen LogP contribution in [0.5, 0.6) is 0 Å². The van der Waals surface area contributed by atoms with Gasteiger partial charge in [0.05, 0.1) is 12.1 Å². The lowest BCUT2D eigenvalue weighted by Crippen LogP contribution is -2.26. The van der Waals surface area contributed by atoms with Crippen molar-refractivity contribution in [2.75, 3.05) is 7.05 Å². The van der Waals surface area contributed by atoms with E-state index in [1.807, 2.05) is 31.3 Å². The number of benzene rings is 1. The highest BCUT2D eigenvalue weighted by atomic mass is 79.9. The maximum Gasteiger partial charge on any atom is 0.255 e. The lowest BCUT2D eigenvalue weighted by Gasteiger charge is -2.17. The topological polar surface area (TPSA) is 20.3 Å². The van der Waals surface area contributed by atoms with E-state index in [0.717, 1.165) is 4.47 Å². The Morgan fingerprint density at radius 2 is 2.06 bits per heavy atom. The molecule has 0 aliphatic rings. The monoisotopic (exact) mass is 323 g/mol. The molecule has 2 aromatic rings. The number of aryl methyl sites for hydroxylation is 1. The van der Waals surface area contributed by atoms with Gasteiger partial charge in [0.2, 0.25) is 0 Å². The Hall–Kier alpha value is -1.13. The molecule has 1 aromatic carbocycles. The zero-order valence-electron chi connectivity index (χ0n) is 10.3. The van der Waals surface area contributed by atoms with Crippen LogP contribution in [0, 0.1) is 6.92 Å². The lowest BCUT2D eigenvalue weighted by atomic mass is 10.2. The average Bonchev–Trinajstić information content (AvgIpc) is 2.75. The zero-order chi connectivity index (χ0) is 13.1. The summed E-state index contributed by atoms with van der Waals surface area (Å²) in [7, 11) is 1.83. The van der Waals surface area contributed by atoms with Gasteiger partial charge in [-0.3, -0.25) is 4.79 Å². The number of carbonyl (C=O) groups excluding carboxylic acids is 1. The number of thiophene rings is 1. The molecule has 0 bridgehead atoms. The molecule has 94 valence electrons. The highest BCUT2D eigenvalue weighted by Crippen LogP contribution is 2.21. The molecule has 0 N–H and O–H groups in total. The van der Waals surface area contributed by atoms with Crippen LogP contribution in [0.1, 0.15) is 20.8 Å². The van der Waals surface area contributed by atoms with Gasteiger partial charge in [0.25, 0.3) is 5.91 Å². The van der Waals surface area contributed by atoms with Crippen molar-refractivity contribution in [1.82, 2.24) is 4.90 Å². The van der Waals surface area contributed by atoms with Gasteiger partial charge in [0.1, 0.15) is 0 Å². The minimum Gasteiger partial charge on any atom is -0.337 e. The SMILES string of the molecule is Cc1ccsc1CN(C)C(=O)c1ccccc1Br. The van der Waals surface area contributed by atoms with Crippen LogP contribution >= 0.6 is 27.3 Å². The fraction of sp³-hybridized carbons (Fsp3) is 0.214. The third-order valence-electron chi connectivity index (χ3n) is 2.80. The van der Waals surface area contributed by atoms with E-state index < -0.39 is 0 Å². The summed E-state index contributed by atoms with van der Waals surface area (Å²) in [6.07, 6.45) is 0. The number of amides is 1. The number of nitrogens with zero attached hydrogens (tertiary/aromatic N) is 1. The maximum absolute atomic E-state index is 12.3. The van der Waals surface area contributed by atoms with Gasteiger partial charge in [-0.25, -0.2) is 0 Å². The summed E-state index contributed by atoms with van der Waals surface area (Å²) in [5, 5.41) is 2.06. The van der Waals surface area contributed by atoms with E-state index in [4.69, 9.17) is 0 Å². The second-order valence-corrected chi connectivity index (χ2v) is 6.02. The second-order valence-electron chi connectivity index (χ2n) is 4.17. The Bertz CT molecular complexity index is 564. The predicted molar refractivity (Wildman–Crippen MR) is 79.0 cm³/mol. The first-order valence-corrected chi connectivity index (χ1v) is 7.30. The number of hydrogen-bond donors (Lipinski definition) is 0. The van der Waals surface area contributed by atoms with Crippen molar-refractivity contribution in [2.45, 2.75) is 13.5 Å². The first-order chi connectivity index (χ1) is 8.59. The molecule has 0 aliphatic carbocycles. The van der Waals surface area contributed by atoms with Crippen LogP contribution in [0.4, 0.5) is 0 Å². The summed E-state index contributed by atoms with van der Waals surface area (Å²) < 4.78 is 0.838. The fourth-order valence-electron chi connectivity index (χ4n) is 1.69. The van der Waals surface area contributed by atoms with Crippen LogP contribution in [-0.4, -0.2) is 17.9 Å². The summed E-state index contributed by atoms with van der Waals surface area (Å²) in [4.78, 5) is 15.3. The lowest BCUT2D eigenvalue weighted by molar-refractivity contribution is 0.0785.